The van der Waals surface area contributed by atoms with E-state index in [-0.39, 0.29) is 5.91 Å². The predicted octanol–water partition coefficient (Wildman–Crippen LogP) is 0.770. The molecule has 1 saturated heterocycles. The number of nitrogens with zero attached hydrogens (tertiary/aromatic N) is 1. The molecule has 0 aliphatic carbocycles. The minimum absolute atomic E-state index is 0.0633. The molecule has 1 aliphatic rings. The first-order valence-corrected chi connectivity index (χ1v) is 6.42. The van der Waals surface area contributed by atoms with Gasteiger partial charge in [0.25, 0.3) is 0 Å². The average molecular weight is 277 g/mol. The van der Waals surface area contributed by atoms with E-state index >= 15 is 0 Å². The molecule has 20 heavy (non-hydrogen) atoms. The number of benzene rings is 1. The Hall–Kier alpha value is -2.24. The summed E-state index contributed by atoms with van der Waals surface area (Å²) in [6.45, 7) is 4.83. The van der Waals surface area contributed by atoms with Crippen molar-refractivity contribution in [2.24, 2.45) is 0 Å². The predicted molar refractivity (Wildman–Crippen MR) is 76.6 cm³/mol. The second-order valence-electron chi connectivity index (χ2n) is 5.20. The fraction of sp³-hybridized carbons (Fsp3) is 0.429. The van der Waals surface area contributed by atoms with Crippen molar-refractivity contribution in [3.63, 3.8) is 0 Å². The van der Waals surface area contributed by atoms with Gasteiger partial charge >= 0.3 is 5.97 Å². The average Bonchev–Trinajstić information content (AvgIpc) is 2.42. The maximum atomic E-state index is 12.0. The van der Waals surface area contributed by atoms with Gasteiger partial charge in [-0.3, -0.25) is 4.79 Å². The topological polar surface area (TPSA) is 84.7 Å². The summed E-state index contributed by atoms with van der Waals surface area (Å²) in [5.41, 5.74) is 6.68. The van der Waals surface area contributed by atoms with Crippen molar-refractivity contribution in [3.8, 4) is 0 Å². The zero-order valence-corrected chi connectivity index (χ0v) is 11.9. The van der Waals surface area contributed by atoms with E-state index < -0.39 is 11.5 Å². The third kappa shape index (κ3) is 2.17. The lowest BCUT2D eigenvalue weighted by Crippen LogP contribution is -2.62. The molecule has 0 spiro atoms. The fourth-order valence-corrected chi connectivity index (χ4v) is 2.40. The summed E-state index contributed by atoms with van der Waals surface area (Å²) in [6.07, 6.45) is 0. The summed E-state index contributed by atoms with van der Waals surface area (Å²) in [7, 11) is 1.31. The lowest BCUT2D eigenvalue weighted by molar-refractivity contribution is -0.126. The number of ether oxygens (including phenoxy) is 1. The molecule has 0 aromatic heterocycles. The summed E-state index contributed by atoms with van der Waals surface area (Å²) in [6, 6.07) is 5.16. The van der Waals surface area contributed by atoms with Gasteiger partial charge in [0.05, 0.1) is 24.0 Å². The molecule has 1 fully saturated rings. The Kier molecular flexibility index (Phi) is 3.57. The first-order valence-electron chi connectivity index (χ1n) is 6.42. The van der Waals surface area contributed by atoms with Gasteiger partial charge in [0.1, 0.15) is 5.54 Å². The fourth-order valence-electron chi connectivity index (χ4n) is 2.40. The maximum Gasteiger partial charge on any atom is 0.340 e. The van der Waals surface area contributed by atoms with Gasteiger partial charge in [0.15, 0.2) is 0 Å². The minimum atomic E-state index is -0.721. The molecule has 0 radical (unpaired) electrons. The van der Waals surface area contributed by atoms with Crippen molar-refractivity contribution in [2.45, 2.75) is 19.4 Å². The molecule has 3 N–H and O–H groups in total. The van der Waals surface area contributed by atoms with Gasteiger partial charge in [0, 0.05) is 13.1 Å². The molecule has 1 aromatic rings. The van der Waals surface area contributed by atoms with Gasteiger partial charge in [-0.1, -0.05) is 6.07 Å². The molecular formula is C14H19N3O3. The van der Waals surface area contributed by atoms with E-state index in [0.717, 1.165) is 0 Å². The van der Waals surface area contributed by atoms with Crippen molar-refractivity contribution in [1.82, 2.24) is 5.32 Å². The number of amides is 1. The highest BCUT2D eigenvalue weighted by atomic mass is 16.5. The molecule has 1 aromatic carbocycles. The van der Waals surface area contributed by atoms with E-state index in [9.17, 15) is 9.59 Å². The molecule has 108 valence electrons. The zero-order valence-electron chi connectivity index (χ0n) is 11.9. The second-order valence-corrected chi connectivity index (χ2v) is 5.20. The van der Waals surface area contributed by atoms with Crippen LogP contribution >= 0.6 is 0 Å². The minimum Gasteiger partial charge on any atom is -0.465 e. The molecule has 1 amide bonds. The van der Waals surface area contributed by atoms with Crippen LogP contribution in [0.15, 0.2) is 18.2 Å². The molecule has 0 bridgehead atoms. The van der Waals surface area contributed by atoms with E-state index in [1.165, 1.54) is 7.11 Å². The third-order valence-electron chi connectivity index (χ3n) is 3.63. The van der Waals surface area contributed by atoms with Crippen molar-refractivity contribution in [3.05, 3.63) is 23.8 Å². The zero-order chi connectivity index (χ0) is 14.9. The standard InChI is InChI=1S/C14H19N3O3/c1-14(2)13(19)16-7-8-17(14)10-6-4-5-9(11(10)15)12(18)20-3/h4-6H,7-8,15H2,1-3H3,(H,16,19). The first-order chi connectivity index (χ1) is 9.39. The van der Waals surface area contributed by atoms with Gasteiger partial charge in [0.2, 0.25) is 5.91 Å². The van der Waals surface area contributed by atoms with Gasteiger partial charge in [-0.2, -0.15) is 0 Å². The SMILES string of the molecule is COC(=O)c1cccc(N2CCNC(=O)C2(C)C)c1N. The van der Waals surface area contributed by atoms with Gasteiger partial charge in [-0.25, -0.2) is 4.79 Å². The number of carbonyl (C=O) groups is 2. The lowest BCUT2D eigenvalue weighted by Gasteiger charge is -2.43. The summed E-state index contributed by atoms with van der Waals surface area (Å²) in [5, 5.41) is 2.83. The maximum absolute atomic E-state index is 12.0. The van der Waals surface area contributed by atoms with Crippen molar-refractivity contribution in [1.29, 1.82) is 0 Å². The monoisotopic (exact) mass is 277 g/mol. The van der Waals surface area contributed by atoms with Crippen LogP contribution in [-0.4, -0.2) is 37.6 Å². The Morgan fingerprint density at radius 3 is 2.80 bits per heavy atom. The summed E-state index contributed by atoms with van der Waals surface area (Å²) in [4.78, 5) is 25.6. The molecule has 6 heteroatoms. The van der Waals surface area contributed by atoms with Crippen LogP contribution in [0.5, 0.6) is 0 Å². The molecule has 0 saturated carbocycles. The van der Waals surface area contributed by atoms with Crippen LogP contribution in [0, 0.1) is 0 Å². The van der Waals surface area contributed by atoms with Crippen LogP contribution in [0.3, 0.4) is 0 Å². The quantitative estimate of drug-likeness (QED) is 0.616. The third-order valence-corrected chi connectivity index (χ3v) is 3.63. The number of nitrogens with two attached hydrogens (primary N) is 1. The van der Waals surface area contributed by atoms with Crippen LogP contribution in [0.25, 0.3) is 0 Å². The number of nitrogen functional groups attached to an aromatic ring is 1. The van der Waals surface area contributed by atoms with Crippen molar-refractivity contribution < 1.29 is 14.3 Å². The van der Waals surface area contributed by atoms with Gasteiger partial charge in [-0.15, -0.1) is 0 Å². The number of esters is 1. The largest absolute Gasteiger partial charge is 0.465 e. The Bertz CT molecular complexity index is 555. The van der Waals surface area contributed by atoms with Crippen LogP contribution in [0.2, 0.25) is 0 Å². The van der Waals surface area contributed by atoms with Crippen molar-refractivity contribution in [2.75, 3.05) is 30.8 Å². The molecule has 6 nitrogen and oxygen atoms in total. The van der Waals surface area contributed by atoms with E-state index in [2.05, 4.69) is 5.32 Å². The first kappa shape index (κ1) is 14.2. The van der Waals surface area contributed by atoms with Crippen molar-refractivity contribution >= 4 is 23.3 Å². The molecule has 1 aliphatic heterocycles. The second kappa shape index (κ2) is 5.03. The number of rotatable bonds is 2. The highest BCUT2D eigenvalue weighted by molar-refractivity contribution is 6.00. The Morgan fingerprint density at radius 2 is 2.15 bits per heavy atom. The van der Waals surface area contributed by atoms with E-state index in [1.54, 1.807) is 12.1 Å². The molecule has 0 unspecified atom stereocenters. The van der Waals surface area contributed by atoms with Crippen LogP contribution in [0.4, 0.5) is 11.4 Å². The normalized spacial score (nSPS) is 17.6. The number of methoxy groups -OCH3 is 1. The van der Waals surface area contributed by atoms with Crippen LogP contribution in [-0.2, 0) is 9.53 Å². The number of carbonyl (C=O) groups excluding carboxylic acids is 2. The number of anilines is 2. The number of hydrogen-bond donors (Lipinski definition) is 2. The van der Waals surface area contributed by atoms with Crippen LogP contribution < -0.4 is 16.0 Å². The molecule has 2 rings (SSSR count). The van der Waals surface area contributed by atoms with Gasteiger partial charge < -0.3 is 20.7 Å². The smallest absolute Gasteiger partial charge is 0.340 e. The van der Waals surface area contributed by atoms with E-state index in [4.69, 9.17) is 10.5 Å². The van der Waals surface area contributed by atoms with Gasteiger partial charge in [-0.05, 0) is 26.0 Å². The number of piperazine rings is 1. The Balaban J connectivity index is 2.47. The molecule has 1 heterocycles. The number of nitrogens with one attached hydrogen (secondary N) is 1. The Morgan fingerprint density at radius 1 is 1.45 bits per heavy atom. The lowest BCUT2D eigenvalue weighted by atomic mass is 9.97. The molecule has 0 atom stereocenters. The highest BCUT2D eigenvalue weighted by Crippen LogP contribution is 2.33. The highest BCUT2D eigenvalue weighted by Gasteiger charge is 2.38. The summed E-state index contributed by atoms with van der Waals surface area (Å²) < 4.78 is 4.72. The summed E-state index contributed by atoms with van der Waals surface area (Å²) >= 11 is 0. The molecular weight excluding hydrogens is 258 g/mol. The number of hydrogen-bond acceptors (Lipinski definition) is 5. The Labute approximate surface area is 117 Å². The number of para-hydroxylation sites is 1. The van der Waals surface area contributed by atoms with Crippen LogP contribution in [0.1, 0.15) is 24.2 Å². The van der Waals surface area contributed by atoms with E-state index in [1.807, 2.05) is 24.8 Å². The van der Waals surface area contributed by atoms with E-state index in [0.29, 0.717) is 30.0 Å². The summed E-state index contributed by atoms with van der Waals surface area (Å²) in [5.74, 6) is -0.546.